The van der Waals surface area contributed by atoms with Crippen LogP contribution >= 0.6 is 38.5 Å². The molecule has 0 fully saturated rings. The Labute approximate surface area is 127 Å². The van der Waals surface area contributed by atoms with Crippen LogP contribution in [0.3, 0.4) is 0 Å². The van der Waals surface area contributed by atoms with Gasteiger partial charge in [0, 0.05) is 0 Å². The van der Waals surface area contributed by atoms with Crippen LogP contribution < -0.4 is 4.74 Å². The molecule has 0 saturated heterocycles. The van der Waals surface area contributed by atoms with Crippen LogP contribution in [0.2, 0.25) is 0 Å². The SMILES string of the molecule is OCc1cc(I)c(OCc2ccccc2)c(Br)n1. The number of aliphatic hydroxyl groups excluding tert-OH is 1. The van der Waals surface area contributed by atoms with Crippen molar-refractivity contribution in [2.45, 2.75) is 13.2 Å². The van der Waals surface area contributed by atoms with Crippen molar-refractivity contribution in [1.82, 2.24) is 4.98 Å². The molecular formula is C13H11BrINO2. The molecule has 0 aliphatic rings. The molecule has 1 aromatic heterocycles. The molecule has 2 rings (SSSR count). The zero-order valence-corrected chi connectivity index (χ0v) is 13.2. The summed E-state index contributed by atoms with van der Waals surface area (Å²) in [6.07, 6.45) is 0. The summed E-state index contributed by atoms with van der Waals surface area (Å²) in [5.74, 6) is 0.705. The minimum Gasteiger partial charge on any atom is -0.485 e. The Hall–Kier alpha value is -0.660. The van der Waals surface area contributed by atoms with Crippen LogP contribution in [0.15, 0.2) is 41.0 Å². The second-order valence-corrected chi connectivity index (χ2v) is 5.56. The highest BCUT2D eigenvalue weighted by atomic mass is 127. The fraction of sp³-hybridized carbons (Fsp3) is 0.154. The topological polar surface area (TPSA) is 42.4 Å². The van der Waals surface area contributed by atoms with Crippen molar-refractivity contribution in [3.63, 3.8) is 0 Å². The average molecular weight is 420 g/mol. The normalized spacial score (nSPS) is 10.4. The molecule has 0 spiro atoms. The van der Waals surface area contributed by atoms with Crippen LogP contribution in [0.4, 0.5) is 0 Å². The lowest BCUT2D eigenvalue weighted by atomic mass is 10.2. The number of aliphatic hydroxyl groups is 1. The number of aromatic nitrogens is 1. The van der Waals surface area contributed by atoms with Crippen LogP contribution in [0.1, 0.15) is 11.3 Å². The Balaban J connectivity index is 2.15. The molecule has 1 heterocycles. The number of pyridine rings is 1. The molecule has 0 aliphatic heterocycles. The van der Waals surface area contributed by atoms with Gasteiger partial charge in [-0.25, -0.2) is 4.98 Å². The molecule has 5 heteroatoms. The molecule has 0 aliphatic carbocycles. The summed E-state index contributed by atoms with van der Waals surface area (Å²) < 4.78 is 7.30. The van der Waals surface area contributed by atoms with Crippen molar-refractivity contribution in [1.29, 1.82) is 0 Å². The maximum atomic E-state index is 9.06. The molecule has 1 aromatic carbocycles. The third-order valence-corrected chi connectivity index (χ3v) is 3.67. The van der Waals surface area contributed by atoms with Crippen LogP contribution in [-0.2, 0) is 13.2 Å². The Morgan fingerprint density at radius 1 is 1.28 bits per heavy atom. The maximum absolute atomic E-state index is 9.06. The quantitative estimate of drug-likeness (QED) is 0.609. The predicted molar refractivity (Wildman–Crippen MR) is 81.4 cm³/mol. The first-order valence-corrected chi connectivity index (χ1v) is 7.20. The number of nitrogens with zero attached hydrogens (tertiary/aromatic N) is 1. The maximum Gasteiger partial charge on any atom is 0.165 e. The smallest absolute Gasteiger partial charge is 0.165 e. The van der Waals surface area contributed by atoms with Gasteiger partial charge in [-0.05, 0) is 50.2 Å². The highest BCUT2D eigenvalue weighted by Gasteiger charge is 2.10. The van der Waals surface area contributed by atoms with E-state index in [1.807, 2.05) is 36.4 Å². The van der Waals surface area contributed by atoms with Gasteiger partial charge < -0.3 is 9.84 Å². The summed E-state index contributed by atoms with van der Waals surface area (Å²) in [4.78, 5) is 4.20. The van der Waals surface area contributed by atoms with Gasteiger partial charge in [0.05, 0.1) is 15.9 Å². The van der Waals surface area contributed by atoms with Gasteiger partial charge in [-0.2, -0.15) is 0 Å². The lowest BCUT2D eigenvalue weighted by Crippen LogP contribution is -2.01. The van der Waals surface area contributed by atoms with Gasteiger partial charge in [-0.1, -0.05) is 30.3 Å². The van der Waals surface area contributed by atoms with E-state index >= 15 is 0 Å². The third kappa shape index (κ3) is 3.43. The summed E-state index contributed by atoms with van der Waals surface area (Å²) in [6, 6.07) is 11.8. The molecule has 0 amide bonds. The number of benzene rings is 1. The van der Waals surface area contributed by atoms with Crippen molar-refractivity contribution in [2.75, 3.05) is 0 Å². The third-order valence-electron chi connectivity index (χ3n) is 2.33. The van der Waals surface area contributed by atoms with Crippen molar-refractivity contribution >= 4 is 38.5 Å². The zero-order chi connectivity index (χ0) is 13.0. The summed E-state index contributed by atoms with van der Waals surface area (Å²) in [7, 11) is 0. The molecule has 2 aromatic rings. The van der Waals surface area contributed by atoms with Gasteiger partial charge in [-0.3, -0.25) is 0 Å². The Bertz CT molecular complexity index is 511. The van der Waals surface area contributed by atoms with E-state index in [9.17, 15) is 0 Å². The van der Waals surface area contributed by atoms with Gasteiger partial charge in [0.15, 0.2) is 5.75 Å². The molecule has 18 heavy (non-hydrogen) atoms. The number of hydrogen-bond donors (Lipinski definition) is 1. The minimum absolute atomic E-state index is 0.0758. The van der Waals surface area contributed by atoms with Crippen LogP contribution in [0.25, 0.3) is 0 Å². The van der Waals surface area contributed by atoms with E-state index in [1.165, 1.54) is 0 Å². The molecule has 0 radical (unpaired) electrons. The lowest BCUT2D eigenvalue weighted by Gasteiger charge is -2.11. The molecule has 0 saturated carbocycles. The van der Waals surface area contributed by atoms with Gasteiger partial charge in [0.1, 0.15) is 11.2 Å². The molecule has 94 valence electrons. The zero-order valence-electron chi connectivity index (χ0n) is 9.44. The molecule has 0 unspecified atom stereocenters. The minimum atomic E-state index is -0.0758. The lowest BCUT2D eigenvalue weighted by molar-refractivity contribution is 0.273. The molecule has 1 N–H and O–H groups in total. The summed E-state index contributed by atoms with van der Waals surface area (Å²) in [5, 5.41) is 9.06. The second kappa shape index (κ2) is 6.49. The highest BCUT2D eigenvalue weighted by molar-refractivity contribution is 14.1. The fourth-order valence-corrected chi connectivity index (χ4v) is 3.16. The van der Waals surface area contributed by atoms with Crippen molar-refractivity contribution in [2.24, 2.45) is 0 Å². The fourth-order valence-electron chi connectivity index (χ4n) is 1.46. The monoisotopic (exact) mass is 419 g/mol. The predicted octanol–water partition coefficient (Wildman–Crippen LogP) is 3.52. The molecular weight excluding hydrogens is 409 g/mol. The van der Waals surface area contributed by atoms with E-state index in [0.29, 0.717) is 22.7 Å². The average Bonchev–Trinajstić information content (AvgIpc) is 2.38. The highest BCUT2D eigenvalue weighted by Crippen LogP contribution is 2.30. The number of halogens is 2. The van der Waals surface area contributed by atoms with Crippen molar-refractivity contribution in [3.05, 3.63) is 55.8 Å². The Morgan fingerprint density at radius 3 is 2.61 bits per heavy atom. The van der Waals surface area contributed by atoms with Crippen LogP contribution in [0.5, 0.6) is 5.75 Å². The number of ether oxygens (including phenoxy) is 1. The first-order chi connectivity index (χ1) is 8.70. The number of hydrogen-bond acceptors (Lipinski definition) is 3. The number of rotatable bonds is 4. The second-order valence-electron chi connectivity index (χ2n) is 3.65. The van der Waals surface area contributed by atoms with E-state index in [4.69, 9.17) is 9.84 Å². The van der Waals surface area contributed by atoms with Crippen molar-refractivity contribution < 1.29 is 9.84 Å². The van der Waals surface area contributed by atoms with Crippen molar-refractivity contribution in [3.8, 4) is 5.75 Å². The first-order valence-electron chi connectivity index (χ1n) is 5.33. The van der Waals surface area contributed by atoms with E-state index in [0.717, 1.165) is 9.13 Å². The van der Waals surface area contributed by atoms with Gasteiger partial charge in [0.2, 0.25) is 0 Å². The summed E-state index contributed by atoms with van der Waals surface area (Å²) in [5.41, 5.74) is 1.73. The largest absolute Gasteiger partial charge is 0.485 e. The van der Waals surface area contributed by atoms with E-state index < -0.39 is 0 Å². The van der Waals surface area contributed by atoms with Gasteiger partial charge >= 0.3 is 0 Å². The molecule has 0 bridgehead atoms. The molecule has 0 atom stereocenters. The van der Waals surface area contributed by atoms with E-state index in [1.54, 1.807) is 0 Å². The Morgan fingerprint density at radius 2 is 2.00 bits per heavy atom. The molecule has 3 nitrogen and oxygen atoms in total. The Kier molecular flexibility index (Phi) is 4.96. The van der Waals surface area contributed by atoms with Crippen LogP contribution in [0, 0.1) is 3.57 Å². The van der Waals surface area contributed by atoms with E-state index in [2.05, 4.69) is 43.5 Å². The van der Waals surface area contributed by atoms with E-state index in [-0.39, 0.29) is 6.61 Å². The summed E-state index contributed by atoms with van der Waals surface area (Å²) >= 11 is 5.53. The standard InChI is InChI=1S/C13H11BrINO2/c14-13-12(11(15)6-10(7-17)16-13)18-8-9-4-2-1-3-5-9/h1-6,17H,7-8H2. The van der Waals surface area contributed by atoms with Gasteiger partial charge in [0.25, 0.3) is 0 Å². The van der Waals surface area contributed by atoms with Gasteiger partial charge in [-0.15, -0.1) is 0 Å². The summed E-state index contributed by atoms with van der Waals surface area (Å²) in [6.45, 7) is 0.420. The first kappa shape index (κ1) is 13.8. The van der Waals surface area contributed by atoms with Crippen LogP contribution in [-0.4, -0.2) is 10.1 Å².